The number of benzene rings is 1. The molecule has 2 atom stereocenters. The van der Waals surface area contributed by atoms with Crippen molar-refractivity contribution in [2.24, 2.45) is 10.9 Å². The number of aliphatic imine (C=N–C) groups is 1. The van der Waals surface area contributed by atoms with Crippen LogP contribution in [-0.2, 0) is 5.41 Å². The van der Waals surface area contributed by atoms with Gasteiger partial charge in [-0.2, -0.15) is 0 Å². The maximum absolute atomic E-state index is 13.1. The summed E-state index contributed by atoms with van der Waals surface area (Å²) >= 11 is 0. The van der Waals surface area contributed by atoms with Gasteiger partial charge < -0.3 is 5.32 Å². The molecule has 0 radical (unpaired) electrons. The first-order valence-corrected chi connectivity index (χ1v) is 5.12. The van der Waals surface area contributed by atoms with Crippen molar-refractivity contribution in [3.05, 3.63) is 41.5 Å². The number of hydrogen-bond acceptors (Lipinski definition) is 2. The van der Waals surface area contributed by atoms with Crippen LogP contribution in [-0.4, -0.2) is 6.21 Å². The molecule has 2 nitrogen and oxygen atoms in total. The maximum atomic E-state index is 13.1. The number of hydrogen-bond donors (Lipinski definition) is 1. The summed E-state index contributed by atoms with van der Waals surface area (Å²) in [6.45, 7) is 0. The van der Waals surface area contributed by atoms with Crippen LogP contribution in [0.25, 0.3) is 0 Å². The van der Waals surface area contributed by atoms with Crippen molar-refractivity contribution in [1.29, 1.82) is 0 Å². The quantitative estimate of drug-likeness (QED) is 0.683. The third-order valence-electron chi connectivity index (χ3n) is 3.70. The van der Waals surface area contributed by atoms with Crippen LogP contribution in [0.15, 0.2) is 35.1 Å². The molecule has 0 amide bonds. The highest BCUT2D eigenvalue weighted by Crippen LogP contribution is 2.64. The van der Waals surface area contributed by atoms with Crippen LogP contribution < -0.4 is 5.32 Å². The van der Waals surface area contributed by atoms with Gasteiger partial charge in [0.15, 0.2) is 0 Å². The normalized spacial score (nSPS) is 33.7. The van der Waals surface area contributed by atoms with Gasteiger partial charge in [-0.25, -0.2) is 4.39 Å². The van der Waals surface area contributed by atoms with E-state index in [-0.39, 0.29) is 11.2 Å². The fraction of sp³-hybridized carbons (Fsp3) is 0.250. The lowest BCUT2D eigenvalue weighted by atomic mass is 9.92. The van der Waals surface area contributed by atoms with E-state index in [0.29, 0.717) is 5.92 Å². The van der Waals surface area contributed by atoms with Crippen LogP contribution in [0.4, 0.5) is 10.1 Å². The Balaban J connectivity index is 1.98. The minimum Gasteiger partial charge on any atom is -0.357 e. The average molecular weight is 200 g/mol. The molecule has 15 heavy (non-hydrogen) atoms. The molecule has 2 aliphatic heterocycles. The number of nitrogens with zero attached hydrogens (tertiary/aromatic N) is 1. The highest BCUT2D eigenvalue weighted by atomic mass is 19.1. The molecule has 4 rings (SSSR count). The summed E-state index contributed by atoms with van der Waals surface area (Å²) in [5, 5.41) is 3.27. The van der Waals surface area contributed by atoms with Gasteiger partial charge in [-0.15, -0.1) is 0 Å². The van der Waals surface area contributed by atoms with E-state index in [1.54, 1.807) is 12.1 Å². The molecule has 0 saturated heterocycles. The van der Waals surface area contributed by atoms with Gasteiger partial charge in [-0.3, -0.25) is 4.99 Å². The van der Waals surface area contributed by atoms with Gasteiger partial charge in [0.05, 0.1) is 0 Å². The smallest absolute Gasteiger partial charge is 0.125 e. The Morgan fingerprint density at radius 2 is 2.40 bits per heavy atom. The number of halogens is 1. The molecule has 0 bridgehead atoms. The molecular weight excluding hydrogens is 191 g/mol. The molecule has 1 aromatic carbocycles. The third kappa shape index (κ3) is 0.739. The Morgan fingerprint density at radius 1 is 1.47 bits per heavy atom. The first-order chi connectivity index (χ1) is 7.30. The molecule has 2 heterocycles. The van der Waals surface area contributed by atoms with Gasteiger partial charge in [0.25, 0.3) is 0 Å². The Bertz CT molecular complexity index is 532. The predicted octanol–water partition coefficient (Wildman–Crippen LogP) is 2.43. The number of allylic oxidation sites excluding steroid dienone is 1. The number of rotatable bonds is 0. The standard InChI is InChI=1S/C12H9FN2/c13-8-1-2-9-10(3-8)15-11-6-14-5-7-4-12(7,9)11/h1-3,5-7,15H,4H2. The molecule has 1 saturated carbocycles. The molecule has 1 fully saturated rings. The van der Waals surface area contributed by atoms with Crippen molar-refractivity contribution in [3.8, 4) is 0 Å². The first kappa shape index (κ1) is 7.63. The molecule has 74 valence electrons. The average Bonchev–Trinajstić information content (AvgIpc) is 2.87. The van der Waals surface area contributed by atoms with Crippen molar-refractivity contribution in [2.75, 3.05) is 5.32 Å². The largest absolute Gasteiger partial charge is 0.357 e. The van der Waals surface area contributed by atoms with Crippen molar-refractivity contribution in [1.82, 2.24) is 0 Å². The molecule has 1 N–H and O–H groups in total. The maximum Gasteiger partial charge on any atom is 0.125 e. The van der Waals surface area contributed by atoms with Gasteiger partial charge in [-0.1, -0.05) is 6.07 Å². The Hall–Kier alpha value is -1.64. The molecule has 2 unspecified atom stereocenters. The van der Waals surface area contributed by atoms with Crippen LogP contribution in [0.3, 0.4) is 0 Å². The van der Waals surface area contributed by atoms with Gasteiger partial charge in [0.2, 0.25) is 0 Å². The zero-order chi connectivity index (χ0) is 10.0. The number of nitrogens with one attached hydrogen (secondary N) is 1. The van der Waals surface area contributed by atoms with Crippen molar-refractivity contribution in [3.63, 3.8) is 0 Å². The van der Waals surface area contributed by atoms with Crippen LogP contribution in [0, 0.1) is 11.7 Å². The Kier molecular flexibility index (Phi) is 1.08. The van der Waals surface area contributed by atoms with E-state index in [1.165, 1.54) is 5.56 Å². The Morgan fingerprint density at radius 3 is 3.33 bits per heavy atom. The van der Waals surface area contributed by atoms with Crippen LogP contribution in [0.1, 0.15) is 12.0 Å². The first-order valence-electron chi connectivity index (χ1n) is 5.12. The van der Waals surface area contributed by atoms with E-state index in [9.17, 15) is 4.39 Å². The summed E-state index contributed by atoms with van der Waals surface area (Å²) in [7, 11) is 0. The predicted molar refractivity (Wildman–Crippen MR) is 56.4 cm³/mol. The van der Waals surface area contributed by atoms with Crippen LogP contribution >= 0.6 is 0 Å². The second-order valence-corrected chi connectivity index (χ2v) is 4.44. The van der Waals surface area contributed by atoms with Gasteiger partial charge in [0.1, 0.15) is 5.82 Å². The third-order valence-corrected chi connectivity index (χ3v) is 3.70. The lowest BCUT2D eigenvalue weighted by Gasteiger charge is -2.12. The SMILES string of the molecule is Fc1ccc2c(c1)NC1=CN=CC3CC123. The summed E-state index contributed by atoms with van der Waals surface area (Å²) in [4.78, 5) is 4.20. The summed E-state index contributed by atoms with van der Waals surface area (Å²) in [6.07, 6.45) is 4.97. The monoisotopic (exact) mass is 200 g/mol. The summed E-state index contributed by atoms with van der Waals surface area (Å²) in [5.74, 6) is 0.326. The number of fused-ring (bicyclic) bond motifs is 1. The topological polar surface area (TPSA) is 24.4 Å². The van der Waals surface area contributed by atoms with E-state index in [0.717, 1.165) is 17.8 Å². The van der Waals surface area contributed by atoms with Crippen molar-refractivity contribution in [2.45, 2.75) is 11.8 Å². The van der Waals surface area contributed by atoms with Gasteiger partial charge in [-0.05, 0) is 24.1 Å². The zero-order valence-corrected chi connectivity index (χ0v) is 8.00. The summed E-state index contributed by atoms with van der Waals surface area (Å²) in [6, 6.07) is 5.01. The molecular formula is C12H9FN2. The molecule has 1 aliphatic carbocycles. The van der Waals surface area contributed by atoms with Gasteiger partial charge in [0, 0.05) is 35.1 Å². The lowest BCUT2D eigenvalue weighted by Crippen LogP contribution is -2.13. The highest BCUT2D eigenvalue weighted by molar-refractivity contribution is 5.83. The van der Waals surface area contributed by atoms with E-state index < -0.39 is 0 Å². The van der Waals surface area contributed by atoms with E-state index >= 15 is 0 Å². The molecule has 3 aliphatic rings. The van der Waals surface area contributed by atoms with E-state index in [1.807, 2.05) is 18.5 Å². The van der Waals surface area contributed by atoms with E-state index in [2.05, 4.69) is 10.3 Å². The Labute approximate surface area is 86.5 Å². The molecule has 0 aromatic heterocycles. The van der Waals surface area contributed by atoms with E-state index in [4.69, 9.17) is 0 Å². The fourth-order valence-electron chi connectivity index (χ4n) is 2.87. The van der Waals surface area contributed by atoms with Crippen LogP contribution in [0.2, 0.25) is 0 Å². The highest BCUT2D eigenvalue weighted by Gasteiger charge is 2.62. The van der Waals surface area contributed by atoms with Gasteiger partial charge >= 0.3 is 0 Å². The minimum atomic E-state index is -0.185. The zero-order valence-electron chi connectivity index (χ0n) is 8.00. The lowest BCUT2D eigenvalue weighted by molar-refractivity contribution is 0.627. The minimum absolute atomic E-state index is 0.116. The van der Waals surface area contributed by atoms with Crippen molar-refractivity contribution < 1.29 is 4.39 Å². The fourth-order valence-corrected chi connectivity index (χ4v) is 2.87. The summed E-state index contributed by atoms with van der Waals surface area (Å²) in [5.41, 5.74) is 3.39. The number of anilines is 1. The second kappa shape index (κ2) is 2.13. The van der Waals surface area contributed by atoms with Crippen LogP contribution in [0.5, 0.6) is 0 Å². The molecule has 3 heteroatoms. The molecule has 1 spiro atoms. The summed E-state index contributed by atoms with van der Waals surface area (Å²) < 4.78 is 13.1. The molecule has 1 aromatic rings. The second-order valence-electron chi connectivity index (χ2n) is 4.44. The van der Waals surface area contributed by atoms with Crippen molar-refractivity contribution >= 4 is 11.9 Å².